The Kier molecular flexibility index (Phi) is 4.16. The van der Waals surface area contributed by atoms with Crippen LogP contribution in [0.15, 0.2) is 24.3 Å². The van der Waals surface area contributed by atoms with Crippen LogP contribution < -0.4 is 4.74 Å². The average molecular weight is 208 g/mol. The quantitative estimate of drug-likeness (QED) is 0.564. The molecule has 0 aliphatic rings. The fourth-order valence-corrected chi connectivity index (χ4v) is 1.26. The molecule has 1 atom stereocenters. The van der Waals surface area contributed by atoms with Crippen molar-refractivity contribution in [1.29, 1.82) is 0 Å². The molecule has 0 heterocycles. The molecule has 0 aliphatic heterocycles. The van der Waals surface area contributed by atoms with Crippen LogP contribution in [0.1, 0.15) is 31.7 Å². The van der Waals surface area contributed by atoms with Gasteiger partial charge in [-0.3, -0.25) is 0 Å². The summed E-state index contributed by atoms with van der Waals surface area (Å²) in [6.07, 6.45) is 0.373. The zero-order valence-electron chi connectivity index (χ0n) is 9.32. The maximum absolute atomic E-state index is 10.9. The number of ether oxygens (including phenoxy) is 2. The van der Waals surface area contributed by atoms with Gasteiger partial charge in [0.15, 0.2) is 0 Å². The van der Waals surface area contributed by atoms with Crippen molar-refractivity contribution in [3.05, 3.63) is 29.8 Å². The molecule has 1 aromatic carbocycles. The Labute approximate surface area is 90.0 Å². The lowest BCUT2D eigenvalue weighted by molar-refractivity contribution is 0.121. The summed E-state index contributed by atoms with van der Waals surface area (Å²) in [5, 5.41) is 0. The zero-order chi connectivity index (χ0) is 11.3. The fraction of sp³-hybridized carbons (Fsp3) is 0.417. The van der Waals surface area contributed by atoms with Crippen molar-refractivity contribution in [3.8, 4) is 5.75 Å². The molecule has 3 nitrogen and oxygen atoms in total. The van der Waals surface area contributed by atoms with Crippen LogP contribution in [-0.4, -0.2) is 13.3 Å². The topological polar surface area (TPSA) is 35.5 Å². The summed E-state index contributed by atoms with van der Waals surface area (Å²) in [7, 11) is 1.29. The molecule has 3 heteroatoms. The van der Waals surface area contributed by atoms with Crippen molar-refractivity contribution in [3.63, 3.8) is 0 Å². The van der Waals surface area contributed by atoms with E-state index in [0.29, 0.717) is 11.7 Å². The van der Waals surface area contributed by atoms with E-state index >= 15 is 0 Å². The predicted octanol–water partition coefficient (Wildman–Crippen LogP) is 3.35. The molecule has 0 fully saturated rings. The number of hydrogen-bond acceptors (Lipinski definition) is 3. The van der Waals surface area contributed by atoms with Crippen LogP contribution in [0.5, 0.6) is 5.75 Å². The Morgan fingerprint density at radius 3 is 2.80 bits per heavy atom. The number of carbonyl (C=O) groups is 1. The van der Waals surface area contributed by atoms with Gasteiger partial charge >= 0.3 is 6.16 Å². The van der Waals surface area contributed by atoms with Gasteiger partial charge in [-0.1, -0.05) is 26.0 Å². The van der Waals surface area contributed by atoms with Gasteiger partial charge in [0.05, 0.1) is 7.11 Å². The molecule has 0 amide bonds. The van der Waals surface area contributed by atoms with Gasteiger partial charge in [-0.05, 0) is 30.0 Å². The summed E-state index contributed by atoms with van der Waals surface area (Å²) in [6, 6.07) is 7.51. The molecule has 0 saturated carbocycles. The highest BCUT2D eigenvalue weighted by molar-refractivity contribution is 5.63. The molecule has 15 heavy (non-hydrogen) atoms. The first-order valence-corrected chi connectivity index (χ1v) is 5.03. The van der Waals surface area contributed by atoms with Crippen molar-refractivity contribution in [1.82, 2.24) is 0 Å². The monoisotopic (exact) mass is 208 g/mol. The van der Waals surface area contributed by atoms with Crippen LogP contribution in [0, 0.1) is 0 Å². The van der Waals surface area contributed by atoms with E-state index in [9.17, 15) is 4.79 Å². The largest absolute Gasteiger partial charge is 0.513 e. The van der Waals surface area contributed by atoms with Gasteiger partial charge in [0.2, 0.25) is 0 Å². The summed E-state index contributed by atoms with van der Waals surface area (Å²) in [4.78, 5) is 10.9. The van der Waals surface area contributed by atoms with E-state index in [4.69, 9.17) is 4.74 Å². The van der Waals surface area contributed by atoms with E-state index in [2.05, 4.69) is 18.6 Å². The molecule has 1 unspecified atom stereocenters. The number of rotatable bonds is 3. The van der Waals surface area contributed by atoms with Gasteiger partial charge in [-0.2, -0.15) is 0 Å². The highest BCUT2D eigenvalue weighted by Gasteiger charge is 2.07. The first-order chi connectivity index (χ1) is 7.17. The second-order valence-electron chi connectivity index (χ2n) is 3.44. The maximum atomic E-state index is 10.9. The van der Waals surface area contributed by atoms with Gasteiger partial charge in [0.25, 0.3) is 0 Å². The van der Waals surface area contributed by atoms with Gasteiger partial charge in [-0.25, -0.2) is 4.79 Å². The van der Waals surface area contributed by atoms with Gasteiger partial charge < -0.3 is 9.47 Å². The predicted molar refractivity (Wildman–Crippen MR) is 58.2 cm³/mol. The van der Waals surface area contributed by atoms with Crippen LogP contribution in [0.4, 0.5) is 4.79 Å². The first kappa shape index (κ1) is 11.6. The minimum atomic E-state index is -0.684. The van der Waals surface area contributed by atoms with Crippen LogP contribution in [0.25, 0.3) is 0 Å². The molecule has 1 aromatic rings. The van der Waals surface area contributed by atoms with Crippen molar-refractivity contribution in [2.24, 2.45) is 0 Å². The van der Waals surface area contributed by atoms with Gasteiger partial charge in [-0.15, -0.1) is 0 Å². The minimum absolute atomic E-state index is 0.464. The Bertz CT molecular complexity index is 333. The Morgan fingerprint density at radius 2 is 2.20 bits per heavy atom. The fourth-order valence-electron chi connectivity index (χ4n) is 1.26. The van der Waals surface area contributed by atoms with E-state index in [0.717, 1.165) is 6.42 Å². The minimum Gasteiger partial charge on any atom is -0.437 e. The highest BCUT2D eigenvalue weighted by Crippen LogP contribution is 2.22. The maximum Gasteiger partial charge on any atom is 0.513 e. The summed E-state index contributed by atoms with van der Waals surface area (Å²) < 4.78 is 9.36. The van der Waals surface area contributed by atoms with E-state index < -0.39 is 6.16 Å². The molecule has 0 aliphatic carbocycles. The molecular weight excluding hydrogens is 192 g/mol. The van der Waals surface area contributed by atoms with E-state index in [1.165, 1.54) is 12.7 Å². The Morgan fingerprint density at radius 1 is 1.47 bits per heavy atom. The number of hydrogen-bond donors (Lipinski definition) is 0. The van der Waals surface area contributed by atoms with E-state index in [1.807, 2.05) is 18.2 Å². The summed E-state index contributed by atoms with van der Waals surface area (Å²) in [5.74, 6) is 0.992. The van der Waals surface area contributed by atoms with Crippen molar-refractivity contribution in [2.45, 2.75) is 26.2 Å². The van der Waals surface area contributed by atoms with Crippen LogP contribution in [-0.2, 0) is 4.74 Å². The van der Waals surface area contributed by atoms with Crippen LogP contribution in [0.2, 0.25) is 0 Å². The lowest BCUT2D eigenvalue weighted by atomic mass is 9.99. The SMILES string of the molecule is CCC(C)c1cccc(OC(=O)OC)c1. The van der Waals surface area contributed by atoms with E-state index in [1.54, 1.807) is 6.07 Å². The van der Waals surface area contributed by atoms with Crippen LogP contribution >= 0.6 is 0 Å². The highest BCUT2D eigenvalue weighted by atomic mass is 16.7. The molecule has 0 spiro atoms. The van der Waals surface area contributed by atoms with E-state index in [-0.39, 0.29) is 0 Å². The van der Waals surface area contributed by atoms with Gasteiger partial charge in [0.1, 0.15) is 5.75 Å². The second-order valence-corrected chi connectivity index (χ2v) is 3.44. The molecule has 82 valence electrons. The average Bonchev–Trinajstić information content (AvgIpc) is 2.28. The first-order valence-electron chi connectivity index (χ1n) is 5.03. The third-order valence-electron chi connectivity index (χ3n) is 2.41. The number of methoxy groups -OCH3 is 1. The van der Waals surface area contributed by atoms with Gasteiger partial charge in [0, 0.05) is 0 Å². The third-order valence-corrected chi connectivity index (χ3v) is 2.41. The van der Waals surface area contributed by atoms with Crippen molar-refractivity contribution in [2.75, 3.05) is 7.11 Å². The van der Waals surface area contributed by atoms with Crippen LogP contribution in [0.3, 0.4) is 0 Å². The Hall–Kier alpha value is -1.51. The number of benzene rings is 1. The molecule has 0 aromatic heterocycles. The standard InChI is InChI=1S/C12H16O3/c1-4-9(2)10-6-5-7-11(8-10)15-12(13)14-3/h5-9H,4H2,1-3H3. The normalized spacial score (nSPS) is 11.9. The Balaban J connectivity index is 2.78. The smallest absolute Gasteiger partial charge is 0.437 e. The summed E-state index contributed by atoms with van der Waals surface area (Å²) in [5.41, 5.74) is 1.17. The third kappa shape index (κ3) is 3.27. The lowest BCUT2D eigenvalue weighted by Crippen LogP contribution is -2.07. The lowest BCUT2D eigenvalue weighted by Gasteiger charge is -2.10. The summed E-state index contributed by atoms with van der Waals surface area (Å²) >= 11 is 0. The molecule has 0 radical (unpaired) electrons. The molecule has 0 N–H and O–H groups in total. The molecule has 0 saturated heterocycles. The summed E-state index contributed by atoms with van der Waals surface area (Å²) in [6.45, 7) is 4.26. The molecule has 0 bridgehead atoms. The second kappa shape index (κ2) is 5.39. The van der Waals surface area contributed by atoms with Crippen molar-refractivity contribution >= 4 is 6.16 Å². The molecular formula is C12H16O3. The number of carbonyl (C=O) groups excluding carboxylic acids is 1. The van der Waals surface area contributed by atoms with Crippen molar-refractivity contribution < 1.29 is 14.3 Å². The zero-order valence-corrected chi connectivity index (χ0v) is 9.32. The molecule has 1 rings (SSSR count).